The summed E-state index contributed by atoms with van der Waals surface area (Å²) in [5, 5.41) is 9.10. The fraction of sp³-hybridized carbons (Fsp3) is 0.316. The molecular formula is C19H17ClF2N4O3S. The second-order valence-corrected chi connectivity index (χ2v) is 9.18. The van der Waals surface area contributed by atoms with Gasteiger partial charge in [0.2, 0.25) is 10.0 Å². The van der Waals surface area contributed by atoms with Crippen molar-refractivity contribution in [1.29, 1.82) is 5.26 Å². The van der Waals surface area contributed by atoms with Crippen LogP contribution in [0.2, 0.25) is 5.02 Å². The molecule has 2 atom stereocenters. The average molecular weight is 455 g/mol. The average Bonchev–Trinajstić information content (AvgIpc) is 3.09. The summed E-state index contributed by atoms with van der Waals surface area (Å²) in [5.41, 5.74) is -3.57. The lowest BCUT2D eigenvalue weighted by Crippen LogP contribution is -2.51. The van der Waals surface area contributed by atoms with Crippen molar-refractivity contribution in [2.75, 3.05) is 5.75 Å². The highest BCUT2D eigenvalue weighted by atomic mass is 35.5. The Labute approximate surface area is 176 Å². The maximum absolute atomic E-state index is 15.7. The van der Waals surface area contributed by atoms with Crippen molar-refractivity contribution < 1.29 is 22.0 Å². The van der Waals surface area contributed by atoms with Crippen molar-refractivity contribution in [2.24, 2.45) is 0 Å². The first-order valence-corrected chi connectivity index (χ1v) is 10.9. The zero-order chi connectivity index (χ0) is 22.3. The van der Waals surface area contributed by atoms with E-state index in [2.05, 4.69) is 14.7 Å². The van der Waals surface area contributed by atoms with Gasteiger partial charge in [0, 0.05) is 17.8 Å². The number of halogens is 3. The molecule has 0 amide bonds. The normalized spacial score (nSPS) is 21.8. The van der Waals surface area contributed by atoms with Crippen LogP contribution in [0, 0.1) is 11.3 Å². The first kappa shape index (κ1) is 22.1. The SMILES string of the molecule is CCCS(=O)(=O)NC1C=CC(F)=C(C(=O)c2c[nH]c3ncc(C#N)c(Cl)c23)[C@@]1(C)F. The number of alkyl halides is 1. The molecule has 0 fully saturated rings. The van der Waals surface area contributed by atoms with Crippen LogP contribution in [0.3, 0.4) is 0 Å². The molecule has 1 unspecified atom stereocenters. The predicted octanol–water partition coefficient (Wildman–Crippen LogP) is 3.49. The van der Waals surface area contributed by atoms with Crippen LogP contribution in [-0.4, -0.2) is 41.6 Å². The largest absolute Gasteiger partial charge is 0.345 e. The summed E-state index contributed by atoms with van der Waals surface area (Å²) in [6, 6.07) is 0.340. The van der Waals surface area contributed by atoms with E-state index in [0.717, 1.165) is 19.1 Å². The fourth-order valence-corrected chi connectivity index (χ4v) is 4.91. The van der Waals surface area contributed by atoms with Crippen LogP contribution >= 0.6 is 11.6 Å². The van der Waals surface area contributed by atoms with Crippen molar-refractivity contribution in [3.63, 3.8) is 0 Å². The topological polar surface area (TPSA) is 116 Å². The molecule has 1 aliphatic rings. The van der Waals surface area contributed by atoms with E-state index in [1.807, 2.05) is 6.07 Å². The highest BCUT2D eigenvalue weighted by Gasteiger charge is 2.46. The van der Waals surface area contributed by atoms with Crippen LogP contribution in [0.15, 0.2) is 35.9 Å². The third kappa shape index (κ3) is 3.76. The second kappa shape index (κ2) is 7.91. The molecule has 0 bridgehead atoms. The molecule has 7 nitrogen and oxygen atoms in total. The summed E-state index contributed by atoms with van der Waals surface area (Å²) in [5.74, 6) is -2.42. The fourth-order valence-electron chi connectivity index (χ4n) is 3.28. The Kier molecular flexibility index (Phi) is 5.82. The van der Waals surface area contributed by atoms with Crippen molar-refractivity contribution >= 4 is 38.4 Å². The van der Waals surface area contributed by atoms with Crippen LogP contribution in [0.4, 0.5) is 8.78 Å². The van der Waals surface area contributed by atoms with Crippen molar-refractivity contribution in [2.45, 2.75) is 32.0 Å². The molecule has 0 saturated heterocycles. The molecule has 3 rings (SSSR count). The number of aromatic nitrogens is 2. The summed E-state index contributed by atoms with van der Waals surface area (Å²) >= 11 is 6.19. The van der Waals surface area contributed by atoms with Gasteiger partial charge in [-0.15, -0.1) is 0 Å². The minimum Gasteiger partial charge on any atom is -0.345 e. The van der Waals surface area contributed by atoms with Gasteiger partial charge in [-0.2, -0.15) is 5.26 Å². The molecule has 2 N–H and O–H groups in total. The third-order valence-electron chi connectivity index (χ3n) is 4.76. The van der Waals surface area contributed by atoms with E-state index < -0.39 is 38.9 Å². The number of hydrogen-bond donors (Lipinski definition) is 2. The Morgan fingerprint density at radius 1 is 1.50 bits per heavy atom. The second-order valence-electron chi connectivity index (χ2n) is 6.92. The van der Waals surface area contributed by atoms with Crippen molar-refractivity contribution in [1.82, 2.24) is 14.7 Å². The summed E-state index contributed by atoms with van der Waals surface area (Å²) in [6.07, 6.45) is 4.57. The molecule has 2 aromatic heterocycles. The minimum absolute atomic E-state index is 0.0102. The van der Waals surface area contributed by atoms with Gasteiger partial charge in [-0.3, -0.25) is 4.79 Å². The number of ketones is 1. The highest BCUT2D eigenvalue weighted by molar-refractivity contribution is 7.89. The molecule has 0 saturated carbocycles. The van der Waals surface area contributed by atoms with E-state index in [9.17, 15) is 17.6 Å². The van der Waals surface area contributed by atoms with E-state index in [1.54, 1.807) is 6.92 Å². The monoisotopic (exact) mass is 454 g/mol. The van der Waals surface area contributed by atoms with Gasteiger partial charge in [0.25, 0.3) is 0 Å². The Balaban J connectivity index is 2.09. The number of H-pyrrole nitrogens is 1. The molecule has 158 valence electrons. The molecule has 11 heteroatoms. The van der Waals surface area contributed by atoms with Gasteiger partial charge in [-0.1, -0.05) is 24.6 Å². The first-order chi connectivity index (χ1) is 14.0. The predicted molar refractivity (Wildman–Crippen MR) is 108 cm³/mol. The van der Waals surface area contributed by atoms with E-state index in [1.165, 1.54) is 12.4 Å². The number of sulfonamides is 1. The minimum atomic E-state index is -3.84. The van der Waals surface area contributed by atoms with Crippen LogP contribution in [-0.2, 0) is 10.0 Å². The zero-order valence-corrected chi connectivity index (χ0v) is 17.5. The Hall–Kier alpha value is -2.61. The number of fused-ring (bicyclic) bond motifs is 1. The number of hydrogen-bond acceptors (Lipinski definition) is 5. The number of Topliss-reactive ketones (excluding diaryl/α,β-unsaturated/α-hetero) is 1. The molecule has 0 radical (unpaired) electrons. The molecule has 0 spiro atoms. The molecule has 2 heterocycles. The lowest BCUT2D eigenvalue weighted by Gasteiger charge is -2.33. The zero-order valence-electron chi connectivity index (χ0n) is 16.0. The highest BCUT2D eigenvalue weighted by Crippen LogP contribution is 2.38. The Morgan fingerprint density at radius 3 is 2.83 bits per heavy atom. The lowest BCUT2D eigenvalue weighted by molar-refractivity contribution is 0.0964. The number of carbonyl (C=O) groups is 1. The number of aromatic amines is 1. The Bertz CT molecular complexity index is 1240. The van der Waals surface area contributed by atoms with Gasteiger partial charge in [-0.25, -0.2) is 26.9 Å². The van der Waals surface area contributed by atoms with Gasteiger partial charge in [0.1, 0.15) is 17.5 Å². The number of rotatable bonds is 6. The number of allylic oxidation sites excluding steroid dienone is 2. The van der Waals surface area contributed by atoms with E-state index in [-0.39, 0.29) is 32.9 Å². The molecule has 0 aromatic carbocycles. The van der Waals surface area contributed by atoms with Gasteiger partial charge in [-0.05, 0) is 19.4 Å². The van der Waals surface area contributed by atoms with Gasteiger partial charge in [0.05, 0.1) is 33.5 Å². The summed E-state index contributed by atoms with van der Waals surface area (Å²) in [7, 11) is -3.84. The van der Waals surface area contributed by atoms with Crippen LogP contribution in [0.25, 0.3) is 11.0 Å². The third-order valence-corrected chi connectivity index (χ3v) is 6.71. The van der Waals surface area contributed by atoms with Gasteiger partial charge in [0.15, 0.2) is 11.5 Å². The molecule has 0 aliphatic heterocycles. The molecule has 30 heavy (non-hydrogen) atoms. The van der Waals surface area contributed by atoms with Gasteiger partial charge >= 0.3 is 0 Å². The number of carbonyl (C=O) groups excluding carboxylic acids is 1. The van der Waals surface area contributed by atoms with E-state index in [0.29, 0.717) is 6.42 Å². The summed E-state index contributed by atoms with van der Waals surface area (Å²) < 4.78 is 56.7. The van der Waals surface area contributed by atoms with Crippen molar-refractivity contribution in [3.05, 3.63) is 52.1 Å². The maximum Gasteiger partial charge on any atom is 0.212 e. The number of nitrogens with zero attached hydrogens (tertiary/aromatic N) is 2. The van der Waals surface area contributed by atoms with E-state index in [4.69, 9.17) is 16.9 Å². The lowest BCUT2D eigenvalue weighted by atomic mass is 9.81. The molecule has 2 aromatic rings. The first-order valence-electron chi connectivity index (χ1n) is 8.91. The number of nitrogens with one attached hydrogen (secondary N) is 2. The molecular weight excluding hydrogens is 438 g/mol. The van der Waals surface area contributed by atoms with E-state index >= 15 is 4.39 Å². The smallest absolute Gasteiger partial charge is 0.212 e. The van der Waals surface area contributed by atoms with Crippen LogP contribution < -0.4 is 4.72 Å². The van der Waals surface area contributed by atoms with Gasteiger partial charge < -0.3 is 4.98 Å². The quantitative estimate of drug-likeness (QED) is 0.648. The maximum atomic E-state index is 15.7. The van der Waals surface area contributed by atoms with Crippen LogP contribution in [0.1, 0.15) is 36.2 Å². The number of nitriles is 1. The number of pyridine rings is 1. The summed E-state index contributed by atoms with van der Waals surface area (Å²) in [4.78, 5) is 19.8. The molecule has 1 aliphatic carbocycles. The Morgan fingerprint density at radius 2 is 2.20 bits per heavy atom. The van der Waals surface area contributed by atoms with Crippen LogP contribution in [0.5, 0.6) is 0 Å². The summed E-state index contributed by atoms with van der Waals surface area (Å²) in [6.45, 7) is 2.57. The van der Waals surface area contributed by atoms with Crippen molar-refractivity contribution in [3.8, 4) is 6.07 Å². The standard InChI is InChI=1S/C19H17ClF2N4O3S/c1-3-6-30(28,29)26-13-5-4-12(21)15(19(13,2)22)17(27)11-9-25-18-14(11)16(20)10(7-23)8-24-18/h4-5,8-9,13,26H,3,6H2,1-2H3,(H,24,25)/t13?,19-/m0/s1.